The highest BCUT2D eigenvalue weighted by Crippen LogP contribution is 2.32. The molecule has 0 spiro atoms. The Labute approximate surface area is 149 Å². The number of aromatic hydroxyl groups is 1. The van der Waals surface area contributed by atoms with Gasteiger partial charge in [0.15, 0.2) is 0 Å². The second-order valence-corrected chi connectivity index (χ2v) is 9.32. The molecule has 1 aromatic rings. The van der Waals surface area contributed by atoms with E-state index < -0.39 is 10.2 Å². The summed E-state index contributed by atoms with van der Waals surface area (Å²) in [5, 5.41) is 10.1. The molecule has 8 heteroatoms. The van der Waals surface area contributed by atoms with E-state index in [2.05, 4.69) is 0 Å². The van der Waals surface area contributed by atoms with Crippen molar-refractivity contribution in [2.45, 2.75) is 25.8 Å². The third-order valence-corrected chi connectivity index (χ3v) is 6.99. The number of fused-ring (bicyclic) bond motifs is 4. The maximum atomic E-state index is 13.0. The van der Waals surface area contributed by atoms with Crippen LogP contribution in [0.15, 0.2) is 18.2 Å². The third-order valence-electron chi connectivity index (χ3n) is 5.11. The molecule has 2 atom stereocenters. The van der Waals surface area contributed by atoms with E-state index in [0.29, 0.717) is 19.6 Å². The van der Waals surface area contributed by atoms with E-state index in [4.69, 9.17) is 0 Å². The Balaban J connectivity index is 1.87. The second kappa shape index (κ2) is 6.59. The monoisotopic (exact) mass is 367 g/mol. The lowest BCUT2D eigenvalue weighted by molar-refractivity contribution is 0.0585. The van der Waals surface area contributed by atoms with Gasteiger partial charge in [-0.25, -0.2) is 0 Å². The van der Waals surface area contributed by atoms with Crippen LogP contribution in [-0.4, -0.2) is 72.7 Å². The summed E-state index contributed by atoms with van der Waals surface area (Å²) in [5.41, 5.74) is 1.16. The Hall–Kier alpha value is -1.64. The van der Waals surface area contributed by atoms with Crippen molar-refractivity contribution in [3.63, 3.8) is 0 Å². The van der Waals surface area contributed by atoms with E-state index in [-0.39, 0.29) is 29.2 Å². The number of aryl methyl sites for hydroxylation is 1. The normalized spacial score (nSPS) is 24.6. The van der Waals surface area contributed by atoms with E-state index in [1.165, 1.54) is 22.7 Å². The van der Waals surface area contributed by atoms with Gasteiger partial charge in [-0.15, -0.1) is 0 Å². The fraction of sp³-hybridized carbons (Fsp3) is 0.588. The molecule has 0 saturated carbocycles. The first-order valence-corrected chi connectivity index (χ1v) is 9.88. The molecule has 1 N–H and O–H groups in total. The fourth-order valence-corrected chi connectivity index (χ4v) is 4.91. The lowest BCUT2D eigenvalue weighted by Crippen LogP contribution is -2.48. The lowest BCUT2D eigenvalue weighted by atomic mass is 9.94. The van der Waals surface area contributed by atoms with Crippen LogP contribution in [-0.2, 0) is 10.2 Å². The Bertz CT molecular complexity index is 778. The van der Waals surface area contributed by atoms with Crippen LogP contribution in [0.1, 0.15) is 28.8 Å². The van der Waals surface area contributed by atoms with Crippen LogP contribution in [0.25, 0.3) is 0 Å². The van der Waals surface area contributed by atoms with Gasteiger partial charge in [-0.05, 0) is 43.4 Å². The Morgan fingerprint density at radius 1 is 1.20 bits per heavy atom. The van der Waals surface area contributed by atoms with Crippen molar-refractivity contribution in [2.75, 3.05) is 33.7 Å². The number of phenolic OH excluding ortho intramolecular Hbond substituents is 1. The number of phenols is 1. The first kappa shape index (κ1) is 18.2. The molecule has 4 rings (SSSR count). The largest absolute Gasteiger partial charge is 0.507 e. The van der Waals surface area contributed by atoms with Gasteiger partial charge in [-0.1, -0.05) is 6.07 Å². The molecule has 1 amide bonds. The van der Waals surface area contributed by atoms with Gasteiger partial charge in [0.2, 0.25) is 0 Å². The van der Waals surface area contributed by atoms with Gasteiger partial charge in [0.25, 0.3) is 16.1 Å². The van der Waals surface area contributed by atoms with E-state index in [9.17, 15) is 18.3 Å². The van der Waals surface area contributed by atoms with Gasteiger partial charge in [-0.3, -0.25) is 4.79 Å². The molecule has 1 aromatic carbocycles. The highest BCUT2D eigenvalue weighted by atomic mass is 32.2. The highest BCUT2D eigenvalue weighted by molar-refractivity contribution is 7.86. The maximum Gasteiger partial charge on any atom is 0.281 e. The SMILES string of the molecule is Cc1ccc(C(=O)N2C[C@@H]3CC[C@H]2CN(S(=O)(=O)N(C)C)C3)c(O)c1. The van der Waals surface area contributed by atoms with Crippen LogP contribution in [0.5, 0.6) is 5.75 Å². The Morgan fingerprint density at radius 2 is 1.92 bits per heavy atom. The molecule has 3 aliphatic rings. The van der Waals surface area contributed by atoms with Crippen LogP contribution >= 0.6 is 0 Å². The Kier molecular flexibility index (Phi) is 4.78. The summed E-state index contributed by atoms with van der Waals surface area (Å²) in [6, 6.07) is 4.85. The van der Waals surface area contributed by atoms with Gasteiger partial charge < -0.3 is 10.0 Å². The summed E-state index contributed by atoms with van der Waals surface area (Å²) in [6.07, 6.45) is 1.69. The highest BCUT2D eigenvalue weighted by Gasteiger charge is 2.41. The maximum absolute atomic E-state index is 13.0. The van der Waals surface area contributed by atoms with E-state index in [1.807, 2.05) is 6.92 Å². The fourth-order valence-electron chi connectivity index (χ4n) is 3.68. The Morgan fingerprint density at radius 3 is 2.56 bits per heavy atom. The molecule has 138 valence electrons. The zero-order valence-corrected chi connectivity index (χ0v) is 15.7. The van der Waals surface area contributed by atoms with Crippen molar-refractivity contribution in [3.8, 4) is 5.75 Å². The molecule has 2 bridgehead atoms. The molecule has 3 heterocycles. The molecule has 3 saturated heterocycles. The van der Waals surface area contributed by atoms with Gasteiger partial charge in [0, 0.05) is 39.8 Å². The number of rotatable bonds is 3. The molecule has 0 unspecified atom stereocenters. The van der Waals surface area contributed by atoms with Gasteiger partial charge in [0.05, 0.1) is 5.56 Å². The van der Waals surface area contributed by atoms with Crippen LogP contribution in [0.2, 0.25) is 0 Å². The molecular weight excluding hydrogens is 342 g/mol. The van der Waals surface area contributed by atoms with Crippen LogP contribution < -0.4 is 0 Å². The minimum Gasteiger partial charge on any atom is -0.507 e. The first-order valence-electron chi connectivity index (χ1n) is 8.48. The van der Waals surface area contributed by atoms with Crippen molar-refractivity contribution in [1.29, 1.82) is 0 Å². The number of carbonyl (C=O) groups excluding carboxylic acids is 1. The second-order valence-electron chi connectivity index (χ2n) is 7.18. The molecule has 0 aliphatic carbocycles. The van der Waals surface area contributed by atoms with Crippen molar-refractivity contribution < 1.29 is 18.3 Å². The van der Waals surface area contributed by atoms with Crippen LogP contribution in [0.3, 0.4) is 0 Å². The number of piperidine rings is 1. The van der Waals surface area contributed by atoms with Crippen LogP contribution in [0, 0.1) is 12.8 Å². The number of hydrogen-bond donors (Lipinski definition) is 1. The average molecular weight is 367 g/mol. The van der Waals surface area contributed by atoms with Crippen molar-refractivity contribution in [3.05, 3.63) is 29.3 Å². The molecule has 0 aromatic heterocycles. The van der Waals surface area contributed by atoms with Crippen molar-refractivity contribution in [1.82, 2.24) is 13.5 Å². The summed E-state index contributed by atoms with van der Waals surface area (Å²) in [4.78, 5) is 14.7. The van der Waals surface area contributed by atoms with E-state index in [0.717, 1.165) is 18.4 Å². The first-order chi connectivity index (χ1) is 11.7. The number of hydrogen-bond acceptors (Lipinski definition) is 4. The predicted molar refractivity (Wildman–Crippen MR) is 94.6 cm³/mol. The molecule has 25 heavy (non-hydrogen) atoms. The number of nitrogens with zero attached hydrogens (tertiary/aromatic N) is 3. The smallest absolute Gasteiger partial charge is 0.281 e. The molecule has 0 radical (unpaired) electrons. The summed E-state index contributed by atoms with van der Waals surface area (Å²) in [7, 11) is -0.451. The summed E-state index contributed by atoms with van der Waals surface area (Å²) in [5.74, 6) is -0.135. The van der Waals surface area contributed by atoms with Gasteiger partial charge in [0.1, 0.15) is 5.75 Å². The number of carbonyl (C=O) groups is 1. The quantitative estimate of drug-likeness (QED) is 0.866. The summed E-state index contributed by atoms with van der Waals surface area (Å²) in [6.45, 7) is 3.11. The molecule has 3 aliphatic heterocycles. The number of benzene rings is 1. The predicted octanol–water partition coefficient (Wildman–Crippen LogP) is 1.04. The van der Waals surface area contributed by atoms with Crippen molar-refractivity contribution >= 4 is 16.1 Å². The molecular formula is C17H25N3O4S. The standard InChI is InChI=1S/C17H25N3O4S/c1-12-4-7-15(16(21)8-12)17(22)20-10-13-5-6-14(20)11-19(9-13)25(23,24)18(2)3/h4,7-8,13-14,21H,5-6,9-11H2,1-3H3/t13-,14+/m1/s1. The van der Waals surface area contributed by atoms with E-state index in [1.54, 1.807) is 23.1 Å². The molecule has 7 nitrogen and oxygen atoms in total. The minimum atomic E-state index is -3.50. The van der Waals surface area contributed by atoms with Gasteiger partial charge in [-0.2, -0.15) is 17.0 Å². The average Bonchev–Trinajstić information content (AvgIpc) is 2.86. The minimum absolute atomic E-state index is 0.0251. The number of amides is 1. The lowest BCUT2D eigenvalue weighted by Gasteiger charge is -2.36. The summed E-state index contributed by atoms with van der Waals surface area (Å²) >= 11 is 0. The topological polar surface area (TPSA) is 81.2 Å². The van der Waals surface area contributed by atoms with E-state index >= 15 is 0 Å². The van der Waals surface area contributed by atoms with Crippen LogP contribution in [0.4, 0.5) is 0 Å². The zero-order valence-electron chi connectivity index (χ0n) is 14.8. The molecule has 3 fully saturated rings. The van der Waals surface area contributed by atoms with Crippen molar-refractivity contribution in [2.24, 2.45) is 5.92 Å². The summed E-state index contributed by atoms with van der Waals surface area (Å²) < 4.78 is 27.7. The zero-order chi connectivity index (χ0) is 18.4. The van der Waals surface area contributed by atoms with Gasteiger partial charge >= 0.3 is 0 Å². The third kappa shape index (κ3) is 3.38.